The third-order valence-electron chi connectivity index (χ3n) is 4.74. The summed E-state index contributed by atoms with van der Waals surface area (Å²) in [7, 11) is 1.63. The molecule has 1 N–H and O–H groups in total. The number of rotatable bonds is 7. The van der Waals surface area contributed by atoms with Gasteiger partial charge in [0.2, 0.25) is 0 Å². The van der Waals surface area contributed by atoms with E-state index >= 15 is 0 Å². The molecule has 0 spiro atoms. The quantitative estimate of drug-likeness (QED) is 0.657. The lowest BCUT2D eigenvalue weighted by molar-refractivity contribution is -0.123. The van der Waals surface area contributed by atoms with E-state index in [-0.39, 0.29) is 18.6 Å². The first kappa shape index (κ1) is 19.5. The van der Waals surface area contributed by atoms with Crippen molar-refractivity contribution in [2.45, 2.75) is 19.9 Å². The SMILES string of the molecule is COc1ccc([C@@H](NC(=O)COc2ccc(C)c(C)c2)c2ccccc2)cc1. The van der Waals surface area contributed by atoms with E-state index in [1.807, 2.05) is 86.6 Å². The van der Waals surface area contributed by atoms with Crippen molar-refractivity contribution in [1.29, 1.82) is 0 Å². The summed E-state index contributed by atoms with van der Waals surface area (Å²) in [5.41, 5.74) is 4.32. The Labute approximate surface area is 166 Å². The number of hydrogen-bond acceptors (Lipinski definition) is 3. The smallest absolute Gasteiger partial charge is 0.258 e. The van der Waals surface area contributed by atoms with Gasteiger partial charge in [0.05, 0.1) is 13.2 Å². The van der Waals surface area contributed by atoms with Gasteiger partial charge in [0, 0.05) is 0 Å². The standard InChI is InChI=1S/C24H25NO3/c1-17-9-12-22(15-18(17)2)28-16-23(26)25-24(19-7-5-4-6-8-19)20-10-13-21(27-3)14-11-20/h4-15,24H,16H2,1-3H3,(H,25,26)/t24-/m0/s1. The topological polar surface area (TPSA) is 47.6 Å². The van der Waals surface area contributed by atoms with Gasteiger partial charge in [0.15, 0.2) is 6.61 Å². The third-order valence-corrected chi connectivity index (χ3v) is 4.74. The van der Waals surface area contributed by atoms with Gasteiger partial charge in [0.1, 0.15) is 11.5 Å². The molecule has 0 unspecified atom stereocenters. The molecule has 0 radical (unpaired) electrons. The summed E-state index contributed by atoms with van der Waals surface area (Å²) in [4.78, 5) is 12.6. The van der Waals surface area contributed by atoms with Crippen molar-refractivity contribution in [3.05, 3.63) is 95.1 Å². The fraction of sp³-hybridized carbons (Fsp3) is 0.208. The first-order chi connectivity index (χ1) is 13.6. The summed E-state index contributed by atoms with van der Waals surface area (Å²) in [5, 5.41) is 3.08. The molecule has 3 rings (SSSR count). The molecule has 0 saturated carbocycles. The average molecular weight is 375 g/mol. The second kappa shape index (κ2) is 9.09. The molecule has 0 aliphatic heterocycles. The largest absolute Gasteiger partial charge is 0.497 e. The number of benzene rings is 3. The molecule has 0 fully saturated rings. The summed E-state index contributed by atoms with van der Waals surface area (Å²) in [6.07, 6.45) is 0. The average Bonchev–Trinajstić information content (AvgIpc) is 2.73. The van der Waals surface area contributed by atoms with Gasteiger partial charge in [-0.3, -0.25) is 4.79 Å². The van der Waals surface area contributed by atoms with E-state index in [0.717, 1.165) is 22.4 Å². The molecule has 144 valence electrons. The van der Waals surface area contributed by atoms with Crippen LogP contribution in [0.15, 0.2) is 72.8 Å². The van der Waals surface area contributed by atoms with Crippen molar-refractivity contribution in [3.8, 4) is 11.5 Å². The minimum Gasteiger partial charge on any atom is -0.497 e. The van der Waals surface area contributed by atoms with Gasteiger partial charge in [-0.25, -0.2) is 0 Å². The fourth-order valence-electron chi connectivity index (χ4n) is 2.96. The van der Waals surface area contributed by atoms with Crippen LogP contribution in [0.5, 0.6) is 11.5 Å². The van der Waals surface area contributed by atoms with E-state index in [0.29, 0.717) is 5.75 Å². The molecular formula is C24H25NO3. The third kappa shape index (κ3) is 4.92. The van der Waals surface area contributed by atoms with Crippen molar-refractivity contribution in [2.75, 3.05) is 13.7 Å². The summed E-state index contributed by atoms with van der Waals surface area (Å²) in [5.74, 6) is 1.29. The molecule has 0 bridgehead atoms. The number of hydrogen-bond donors (Lipinski definition) is 1. The maximum absolute atomic E-state index is 12.6. The molecule has 0 saturated heterocycles. The Morgan fingerprint density at radius 2 is 1.50 bits per heavy atom. The van der Waals surface area contributed by atoms with Crippen LogP contribution in [0.25, 0.3) is 0 Å². The zero-order valence-electron chi connectivity index (χ0n) is 16.4. The lowest BCUT2D eigenvalue weighted by Crippen LogP contribution is -2.33. The summed E-state index contributed by atoms with van der Waals surface area (Å²) < 4.78 is 10.9. The van der Waals surface area contributed by atoms with Crippen LogP contribution in [0.3, 0.4) is 0 Å². The lowest BCUT2D eigenvalue weighted by atomic mass is 9.98. The molecule has 1 atom stereocenters. The predicted molar refractivity (Wildman–Crippen MR) is 111 cm³/mol. The van der Waals surface area contributed by atoms with Crippen LogP contribution in [0.1, 0.15) is 28.3 Å². The monoisotopic (exact) mass is 375 g/mol. The Morgan fingerprint density at radius 1 is 0.857 bits per heavy atom. The fourth-order valence-corrected chi connectivity index (χ4v) is 2.96. The van der Waals surface area contributed by atoms with Gasteiger partial charge in [-0.15, -0.1) is 0 Å². The molecule has 4 nitrogen and oxygen atoms in total. The van der Waals surface area contributed by atoms with Crippen LogP contribution in [0.4, 0.5) is 0 Å². The Hall–Kier alpha value is -3.27. The minimum atomic E-state index is -0.261. The van der Waals surface area contributed by atoms with E-state index in [2.05, 4.69) is 5.32 Å². The number of carbonyl (C=O) groups is 1. The first-order valence-electron chi connectivity index (χ1n) is 9.25. The highest BCUT2D eigenvalue weighted by molar-refractivity contribution is 5.78. The molecule has 0 aliphatic rings. The van der Waals surface area contributed by atoms with Gasteiger partial charge in [-0.2, -0.15) is 0 Å². The summed E-state index contributed by atoms with van der Waals surface area (Å²) in [6.45, 7) is 4.03. The molecule has 4 heteroatoms. The molecule has 0 heterocycles. The normalized spacial score (nSPS) is 11.5. The van der Waals surface area contributed by atoms with Gasteiger partial charge < -0.3 is 14.8 Å². The van der Waals surface area contributed by atoms with Gasteiger partial charge in [0.25, 0.3) is 5.91 Å². The number of amides is 1. The maximum atomic E-state index is 12.6. The van der Waals surface area contributed by atoms with E-state index in [1.165, 1.54) is 5.56 Å². The maximum Gasteiger partial charge on any atom is 0.258 e. The number of aryl methyl sites for hydroxylation is 2. The van der Waals surface area contributed by atoms with Crippen LogP contribution in [0.2, 0.25) is 0 Å². The van der Waals surface area contributed by atoms with Crippen molar-refractivity contribution in [1.82, 2.24) is 5.32 Å². The van der Waals surface area contributed by atoms with Crippen molar-refractivity contribution in [2.24, 2.45) is 0 Å². The highest BCUT2D eigenvalue weighted by Crippen LogP contribution is 2.24. The highest BCUT2D eigenvalue weighted by atomic mass is 16.5. The number of carbonyl (C=O) groups excluding carboxylic acids is 1. The van der Waals surface area contributed by atoms with Crippen LogP contribution < -0.4 is 14.8 Å². The van der Waals surface area contributed by atoms with Gasteiger partial charge >= 0.3 is 0 Å². The van der Waals surface area contributed by atoms with Crippen molar-refractivity contribution >= 4 is 5.91 Å². The predicted octanol–water partition coefficient (Wildman–Crippen LogP) is 4.60. The molecule has 28 heavy (non-hydrogen) atoms. The molecule has 0 aliphatic carbocycles. The van der Waals surface area contributed by atoms with E-state index in [4.69, 9.17) is 9.47 Å². The first-order valence-corrected chi connectivity index (χ1v) is 9.25. The Balaban J connectivity index is 1.73. The second-order valence-corrected chi connectivity index (χ2v) is 6.72. The van der Waals surface area contributed by atoms with Crippen LogP contribution in [0, 0.1) is 13.8 Å². The number of nitrogens with one attached hydrogen (secondary N) is 1. The lowest BCUT2D eigenvalue weighted by Gasteiger charge is -2.20. The summed E-state index contributed by atoms with van der Waals surface area (Å²) in [6, 6.07) is 23.1. The Bertz CT molecular complexity index is 920. The van der Waals surface area contributed by atoms with Gasteiger partial charge in [-0.1, -0.05) is 48.5 Å². The minimum absolute atomic E-state index is 0.0397. The highest BCUT2D eigenvalue weighted by Gasteiger charge is 2.17. The number of methoxy groups -OCH3 is 1. The Morgan fingerprint density at radius 3 is 2.14 bits per heavy atom. The Kier molecular flexibility index (Phi) is 6.33. The number of ether oxygens (including phenoxy) is 2. The molecule has 3 aromatic rings. The van der Waals surface area contributed by atoms with Crippen LogP contribution in [-0.2, 0) is 4.79 Å². The zero-order chi connectivity index (χ0) is 19.9. The van der Waals surface area contributed by atoms with Crippen molar-refractivity contribution in [3.63, 3.8) is 0 Å². The van der Waals surface area contributed by atoms with E-state index < -0.39 is 0 Å². The van der Waals surface area contributed by atoms with Crippen LogP contribution >= 0.6 is 0 Å². The second-order valence-electron chi connectivity index (χ2n) is 6.72. The van der Waals surface area contributed by atoms with Crippen molar-refractivity contribution < 1.29 is 14.3 Å². The van der Waals surface area contributed by atoms with E-state index in [9.17, 15) is 4.79 Å². The summed E-state index contributed by atoms with van der Waals surface area (Å²) >= 11 is 0. The zero-order valence-corrected chi connectivity index (χ0v) is 16.4. The van der Waals surface area contributed by atoms with Crippen LogP contribution in [-0.4, -0.2) is 19.6 Å². The molecular weight excluding hydrogens is 350 g/mol. The van der Waals surface area contributed by atoms with E-state index in [1.54, 1.807) is 7.11 Å². The molecule has 3 aromatic carbocycles. The van der Waals surface area contributed by atoms with Gasteiger partial charge in [-0.05, 0) is 60.4 Å². The molecule has 0 aromatic heterocycles. The molecule has 1 amide bonds.